The van der Waals surface area contributed by atoms with Crippen molar-refractivity contribution in [1.29, 1.82) is 0 Å². The number of carbonyl (C=O) groups is 2. The summed E-state index contributed by atoms with van der Waals surface area (Å²) in [4.78, 5) is 24.1. The number of hydrogen-bond acceptors (Lipinski definition) is 4. The van der Waals surface area contributed by atoms with Crippen LogP contribution in [0.5, 0.6) is 0 Å². The Hall–Kier alpha value is -2.83. The van der Waals surface area contributed by atoms with Crippen LogP contribution in [0.1, 0.15) is 24.2 Å². The number of carboxylic acids is 1. The van der Waals surface area contributed by atoms with Crippen LogP contribution in [0.3, 0.4) is 0 Å². The fourth-order valence-corrected chi connectivity index (χ4v) is 3.37. The van der Waals surface area contributed by atoms with Crippen molar-refractivity contribution >= 4 is 39.8 Å². The van der Waals surface area contributed by atoms with Crippen LogP contribution in [0.4, 0.5) is 5.00 Å². The van der Waals surface area contributed by atoms with E-state index >= 15 is 0 Å². The molecule has 1 heterocycles. The Balaban J connectivity index is 2.31. The molecule has 0 atom stereocenters. The summed E-state index contributed by atoms with van der Waals surface area (Å²) in [7, 11) is 0. The largest absolute Gasteiger partial charge is 0.478 e. The van der Waals surface area contributed by atoms with Gasteiger partial charge >= 0.3 is 5.97 Å². The maximum atomic E-state index is 12.3. The molecule has 0 unspecified atom stereocenters. The van der Waals surface area contributed by atoms with Gasteiger partial charge in [0.15, 0.2) is 0 Å². The minimum atomic E-state index is -1.14. The van der Waals surface area contributed by atoms with Gasteiger partial charge in [-0.1, -0.05) is 42.0 Å². The number of rotatable bonds is 6. The van der Waals surface area contributed by atoms with Gasteiger partial charge in [-0.2, -0.15) is 0 Å². The standard InChI is InChI=1S/C20H19ClN2O3S/c1-3-4-5-12(2)10-16(22)18(24)23-19-17(20(25)26)15(11-27-19)13-6-8-14(21)9-7-13/h3-11H,22H2,1-2H3,(H,23,24)(H,25,26)/b4-3-,12-5+,16-10-. The molecule has 0 aliphatic carbocycles. The molecule has 140 valence electrons. The molecular formula is C20H19ClN2O3S. The van der Waals surface area contributed by atoms with Gasteiger partial charge < -0.3 is 16.2 Å². The van der Waals surface area contributed by atoms with Crippen molar-refractivity contribution in [2.75, 3.05) is 5.32 Å². The highest BCUT2D eigenvalue weighted by molar-refractivity contribution is 7.15. The first kappa shape index (κ1) is 20.5. The molecule has 2 rings (SSSR count). The van der Waals surface area contributed by atoms with Crippen molar-refractivity contribution in [3.63, 3.8) is 0 Å². The van der Waals surface area contributed by atoms with E-state index in [0.717, 1.165) is 16.9 Å². The summed E-state index contributed by atoms with van der Waals surface area (Å²) in [5.74, 6) is -1.70. The van der Waals surface area contributed by atoms with Crippen molar-refractivity contribution in [2.45, 2.75) is 13.8 Å². The number of nitrogens with two attached hydrogens (primary N) is 1. The van der Waals surface area contributed by atoms with E-state index in [9.17, 15) is 14.7 Å². The minimum absolute atomic E-state index is 0.00830. The molecule has 7 heteroatoms. The number of allylic oxidation sites excluding steroid dienone is 5. The molecular weight excluding hydrogens is 384 g/mol. The Morgan fingerprint density at radius 3 is 2.52 bits per heavy atom. The number of carboxylic acid groups (broad SMARTS) is 1. The Morgan fingerprint density at radius 2 is 1.93 bits per heavy atom. The number of carbonyl (C=O) groups excluding carboxylic acids is 1. The lowest BCUT2D eigenvalue weighted by Crippen LogP contribution is -2.20. The van der Waals surface area contributed by atoms with E-state index < -0.39 is 11.9 Å². The van der Waals surface area contributed by atoms with Crippen molar-refractivity contribution < 1.29 is 14.7 Å². The Labute approximate surface area is 166 Å². The zero-order valence-corrected chi connectivity index (χ0v) is 16.4. The van der Waals surface area contributed by atoms with E-state index in [1.165, 1.54) is 6.08 Å². The molecule has 0 aliphatic heterocycles. The van der Waals surface area contributed by atoms with E-state index in [-0.39, 0.29) is 16.3 Å². The van der Waals surface area contributed by atoms with E-state index in [1.54, 1.807) is 29.6 Å². The smallest absolute Gasteiger partial charge is 0.339 e. The molecule has 5 nitrogen and oxygen atoms in total. The monoisotopic (exact) mass is 402 g/mol. The van der Waals surface area contributed by atoms with Crippen LogP contribution < -0.4 is 11.1 Å². The number of amides is 1. The number of aromatic carboxylic acids is 1. The van der Waals surface area contributed by atoms with Crippen LogP contribution in [0.15, 0.2) is 65.2 Å². The normalized spacial score (nSPS) is 12.4. The van der Waals surface area contributed by atoms with Gasteiger partial charge in [0, 0.05) is 16.0 Å². The molecule has 0 saturated carbocycles. The number of anilines is 1. The fourth-order valence-electron chi connectivity index (χ4n) is 2.29. The Morgan fingerprint density at radius 1 is 1.26 bits per heavy atom. The molecule has 0 bridgehead atoms. The van der Waals surface area contributed by atoms with Crippen molar-refractivity contribution in [2.24, 2.45) is 5.73 Å². The van der Waals surface area contributed by atoms with Crippen molar-refractivity contribution in [3.05, 3.63) is 75.8 Å². The summed E-state index contributed by atoms with van der Waals surface area (Å²) in [6, 6.07) is 6.82. The van der Waals surface area contributed by atoms with Crippen LogP contribution in [0, 0.1) is 0 Å². The molecule has 0 radical (unpaired) electrons. The minimum Gasteiger partial charge on any atom is -0.478 e. The SMILES string of the molecule is C\C=C/C=C(C)/C=C(\N)C(=O)Nc1scc(-c2ccc(Cl)cc2)c1C(=O)O. The summed E-state index contributed by atoms with van der Waals surface area (Å²) < 4.78 is 0. The molecule has 1 aromatic heterocycles. The van der Waals surface area contributed by atoms with Gasteiger partial charge in [-0.05, 0) is 43.2 Å². The van der Waals surface area contributed by atoms with Crippen LogP contribution in [0.25, 0.3) is 11.1 Å². The number of hydrogen-bond donors (Lipinski definition) is 3. The summed E-state index contributed by atoms with van der Waals surface area (Å²) >= 11 is 7.01. The number of thiophene rings is 1. The predicted molar refractivity (Wildman–Crippen MR) is 111 cm³/mol. The van der Waals surface area contributed by atoms with Crippen LogP contribution >= 0.6 is 22.9 Å². The third-order valence-electron chi connectivity index (χ3n) is 3.58. The highest BCUT2D eigenvalue weighted by atomic mass is 35.5. The summed E-state index contributed by atoms with van der Waals surface area (Å²) in [5, 5.41) is 14.7. The lowest BCUT2D eigenvalue weighted by molar-refractivity contribution is -0.112. The molecule has 0 aliphatic rings. The van der Waals surface area contributed by atoms with Gasteiger partial charge in [-0.3, -0.25) is 4.79 Å². The van der Waals surface area contributed by atoms with Gasteiger partial charge in [-0.25, -0.2) is 4.79 Å². The lowest BCUT2D eigenvalue weighted by Gasteiger charge is -2.06. The Kier molecular flexibility index (Phi) is 6.98. The third-order valence-corrected chi connectivity index (χ3v) is 4.73. The molecule has 2 aromatic rings. The van der Waals surface area contributed by atoms with Gasteiger partial charge in [0.1, 0.15) is 10.6 Å². The predicted octanol–water partition coefficient (Wildman–Crippen LogP) is 5.07. The molecule has 4 N–H and O–H groups in total. The van der Waals surface area contributed by atoms with Gasteiger partial charge in [0.25, 0.3) is 5.91 Å². The quantitative estimate of drug-likeness (QED) is 0.464. The lowest BCUT2D eigenvalue weighted by atomic mass is 10.0. The highest BCUT2D eigenvalue weighted by Gasteiger charge is 2.21. The topological polar surface area (TPSA) is 92.4 Å². The van der Waals surface area contributed by atoms with E-state index in [0.29, 0.717) is 16.1 Å². The van der Waals surface area contributed by atoms with E-state index in [2.05, 4.69) is 5.32 Å². The number of halogens is 1. The van der Waals surface area contributed by atoms with E-state index in [4.69, 9.17) is 17.3 Å². The maximum Gasteiger partial charge on any atom is 0.339 e. The molecule has 0 saturated heterocycles. The second-order valence-corrected chi connectivity index (χ2v) is 6.97. The van der Waals surface area contributed by atoms with Crippen LogP contribution in [0.2, 0.25) is 5.02 Å². The average molecular weight is 403 g/mol. The third kappa shape index (κ3) is 5.32. The van der Waals surface area contributed by atoms with Gasteiger partial charge in [-0.15, -0.1) is 11.3 Å². The maximum absolute atomic E-state index is 12.3. The molecule has 0 fully saturated rings. The highest BCUT2D eigenvalue weighted by Crippen LogP contribution is 2.36. The number of nitrogens with one attached hydrogen (secondary N) is 1. The second kappa shape index (κ2) is 9.21. The van der Waals surface area contributed by atoms with E-state index in [1.807, 2.05) is 32.1 Å². The summed E-state index contributed by atoms with van der Waals surface area (Å²) in [6.45, 7) is 3.69. The molecule has 27 heavy (non-hydrogen) atoms. The van der Waals surface area contributed by atoms with Gasteiger partial charge in [0.05, 0.1) is 5.70 Å². The summed E-state index contributed by atoms with van der Waals surface area (Å²) in [5.41, 5.74) is 7.84. The number of benzene rings is 1. The van der Waals surface area contributed by atoms with Gasteiger partial charge in [0.2, 0.25) is 0 Å². The first-order chi connectivity index (χ1) is 12.8. The zero-order chi connectivity index (χ0) is 20.0. The summed E-state index contributed by atoms with van der Waals surface area (Å²) in [6.07, 6.45) is 7.03. The molecule has 1 aromatic carbocycles. The average Bonchev–Trinajstić information content (AvgIpc) is 3.04. The first-order valence-electron chi connectivity index (χ1n) is 8.02. The molecule has 0 spiro atoms. The zero-order valence-electron chi connectivity index (χ0n) is 14.8. The second-order valence-electron chi connectivity index (χ2n) is 5.66. The van der Waals surface area contributed by atoms with Crippen LogP contribution in [-0.4, -0.2) is 17.0 Å². The Bertz CT molecular complexity index is 941. The first-order valence-corrected chi connectivity index (χ1v) is 9.28. The van der Waals surface area contributed by atoms with Crippen LogP contribution in [-0.2, 0) is 4.79 Å². The fraction of sp³-hybridized carbons (Fsp3) is 0.100. The van der Waals surface area contributed by atoms with Crippen molar-refractivity contribution in [3.8, 4) is 11.1 Å². The van der Waals surface area contributed by atoms with Crippen molar-refractivity contribution in [1.82, 2.24) is 0 Å². The molecule has 1 amide bonds.